The molecule has 0 aliphatic rings. The number of halogens is 1. The summed E-state index contributed by atoms with van der Waals surface area (Å²) in [7, 11) is 1.72. The van der Waals surface area contributed by atoms with Crippen LogP contribution in [-0.4, -0.2) is 14.3 Å². The van der Waals surface area contributed by atoms with E-state index in [0.717, 1.165) is 17.4 Å². The summed E-state index contributed by atoms with van der Waals surface area (Å²) in [5.74, 6) is 0.679. The third-order valence-electron chi connectivity index (χ3n) is 2.51. The van der Waals surface area contributed by atoms with Gasteiger partial charge in [0, 0.05) is 36.5 Å². The van der Waals surface area contributed by atoms with Crippen LogP contribution in [0.15, 0.2) is 33.8 Å². The maximum Gasteiger partial charge on any atom is 0.274 e. The molecule has 2 aromatic heterocycles. The average molecular weight is 311 g/mol. The predicted octanol–water partition coefficient (Wildman–Crippen LogP) is 2.50. The fourth-order valence-corrected chi connectivity index (χ4v) is 2.22. The SMILES string of the molecule is CCCn1ccc(Nc2cc(Br)cn(C)c2=O)n1. The van der Waals surface area contributed by atoms with Crippen LogP contribution in [0.4, 0.5) is 11.5 Å². The summed E-state index contributed by atoms with van der Waals surface area (Å²) in [5.41, 5.74) is 0.428. The minimum Gasteiger partial charge on any atom is -0.334 e. The number of hydrogen-bond acceptors (Lipinski definition) is 3. The first-order chi connectivity index (χ1) is 8.60. The van der Waals surface area contributed by atoms with Gasteiger partial charge in [0.1, 0.15) is 5.69 Å². The van der Waals surface area contributed by atoms with E-state index >= 15 is 0 Å². The molecule has 0 aliphatic carbocycles. The number of nitrogens with zero attached hydrogens (tertiary/aromatic N) is 3. The third-order valence-corrected chi connectivity index (χ3v) is 2.94. The summed E-state index contributed by atoms with van der Waals surface area (Å²) in [4.78, 5) is 11.9. The Bertz CT molecular complexity index is 602. The van der Waals surface area contributed by atoms with Crippen LogP contribution >= 0.6 is 15.9 Å². The van der Waals surface area contributed by atoms with Crippen LogP contribution in [0.25, 0.3) is 0 Å². The number of aromatic nitrogens is 3. The van der Waals surface area contributed by atoms with Gasteiger partial charge in [-0.1, -0.05) is 6.92 Å². The highest BCUT2D eigenvalue weighted by Crippen LogP contribution is 2.15. The standard InChI is InChI=1S/C12H15BrN4O/c1-3-5-17-6-4-11(15-17)14-10-7-9(13)8-16(2)12(10)18/h4,6-8H,3,5H2,1-2H3,(H,14,15). The Labute approximate surface area is 114 Å². The molecule has 0 saturated heterocycles. The molecular weight excluding hydrogens is 296 g/mol. The molecule has 0 radical (unpaired) electrons. The molecule has 0 aliphatic heterocycles. The predicted molar refractivity (Wildman–Crippen MR) is 75.2 cm³/mol. The molecule has 0 atom stereocenters. The van der Waals surface area contributed by atoms with E-state index in [4.69, 9.17) is 0 Å². The molecule has 0 saturated carbocycles. The number of nitrogens with one attached hydrogen (secondary N) is 1. The summed E-state index contributed by atoms with van der Waals surface area (Å²) in [6.07, 6.45) is 4.65. The highest BCUT2D eigenvalue weighted by Gasteiger charge is 2.05. The van der Waals surface area contributed by atoms with Crippen molar-refractivity contribution in [3.63, 3.8) is 0 Å². The van der Waals surface area contributed by atoms with Gasteiger partial charge in [0.25, 0.3) is 5.56 Å². The van der Waals surface area contributed by atoms with E-state index < -0.39 is 0 Å². The van der Waals surface area contributed by atoms with Crippen molar-refractivity contribution in [2.75, 3.05) is 5.32 Å². The largest absolute Gasteiger partial charge is 0.334 e. The molecule has 0 bridgehead atoms. The molecule has 0 fully saturated rings. The zero-order valence-electron chi connectivity index (χ0n) is 10.4. The van der Waals surface area contributed by atoms with Crippen LogP contribution < -0.4 is 10.9 Å². The van der Waals surface area contributed by atoms with E-state index in [1.807, 2.05) is 16.9 Å². The van der Waals surface area contributed by atoms with Gasteiger partial charge in [-0.25, -0.2) is 0 Å². The fraction of sp³-hybridized carbons (Fsp3) is 0.333. The molecule has 18 heavy (non-hydrogen) atoms. The number of aryl methyl sites for hydroxylation is 2. The van der Waals surface area contributed by atoms with E-state index in [1.165, 1.54) is 4.57 Å². The molecule has 0 unspecified atom stereocenters. The van der Waals surface area contributed by atoms with Crippen LogP contribution in [0.1, 0.15) is 13.3 Å². The summed E-state index contributed by atoms with van der Waals surface area (Å²) in [5, 5.41) is 7.38. The maximum absolute atomic E-state index is 11.9. The lowest BCUT2D eigenvalue weighted by Gasteiger charge is -2.05. The van der Waals surface area contributed by atoms with E-state index in [0.29, 0.717) is 11.5 Å². The van der Waals surface area contributed by atoms with E-state index in [1.54, 1.807) is 19.3 Å². The molecule has 0 amide bonds. The molecule has 2 heterocycles. The number of rotatable bonds is 4. The van der Waals surface area contributed by atoms with Gasteiger partial charge in [0.15, 0.2) is 5.82 Å². The molecular formula is C12H15BrN4O. The van der Waals surface area contributed by atoms with Crippen LogP contribution in [0, 0.1) is 0 Å². The van der Waals surface area contributed by atoms with Crippen molar-refractivity contribution < 1.29 is 0 Å². The fourth-order valence-electron chi connectivity index (χ4n) is 1.68. The van der Waals surface area contributed by atoms with Gasteiger partial charge in [0.2, 0.25) is 0 Å². The second-order valence-electron chi connectivity index (χ2n) is 4.08. The van der Waals surface area contributed by atoms with Crippen LogP contribution in [0.2, 0.25) is 0 Å². The highest BCUT2D eigenvalue weighted by atomic mass is 79.9. The van der Waals surface area contributed by atoms with Gasteiger partial charge in [-0.05, 0) is 28.4 Å². The Morgan fingerprint density at radius 2 is 2.28 bits per heavy atom. The summed E-state index contributed by atoms with van der Waals surface area (Å²) in [6.45, 7) is 2.97. The van der Waals surface area contributed by atoms with E-state index in [-0.39, 0.29) is 5.56 Å². The zero-order valence-corrected chi connectivity index (χ0v) is 11.9. The topological polar surface area (TPSA) is 51.9 Å². The van der Waals surface area contributed by atoms with Crippen molar-refractivity contribution in [1.29, 1.82) is 0 Å². The maximum atomic E-state index is 11.9. The van der Waals surface area contributed by atoms with Crippen molar-refractivity contribution in [3.8, 4) is 0 Å². The first-order valence-electron chi connectivity index (χ1n) is 5.77. The zero-order chi connectivity index (χ0) is 13.1. The monoisotopic (exact) mass is 310 g/mol. The lowest BCUT2D eigenvalue weighted by Crippen LogP contribution is -2.19. The highest BCUT2D eigenvalue weighted by molar-refractivity contribution is 9.10. The molecule has 0 aromatic carbocycles. The Morgan fingerprint density at radius 1 is 1.50 bits per heavy atom. The summed E-state index contributed by atoms with van der Waals surface area (Å²) in [6, 6.07) is 3.61. The quantitative estimate of drug-likeness (QED) is 0.944. The van der Waals surface area contributed by atoms with Crippen molar-refractivity contribution in [1.82, 2.24) is 14.3 Å². The normalized spacial score (nSPS) is 10.6. The van der Waals surface area contributed by atoms with Crippen molar-refractivity contribution in [3.05, 3.63) is 39.4 Å². The van der Waals surface area contributed by atoms with Crippen molar-refractivity contribution >= 4 is 27.4 Å². The Hall–Kier alpha value is -1.56. The minimum atomic E-state index is -0.0803. The first-order valence-corrected chi connectivity index (χ1v) is 6.56. The van der Waals surface area contributed by atoms with Crippen molar-refractivity contribution in [2.24, 2.45) is 7.05 Å². The van der Waals surface area contributed by atoms with Gasteiger partial charge in [-0.3, -0.25) is 9.48 Å². The van der Waals surface area contributed by atoms with E-state index in [9.17, 15) is 4.79 Å². The van der Waals surface area contributed by atoms with Crippen molar-refractivity contribution in [2.45, 2.75) is 19.9 Å². The first kappa shape index (κ1) is 12.9. The number of hydrogen-bond donors (Lipinski definition) is 1. The number of anilines is 2. The second kappa shape index (κ2) is 5.39. The smallest absolute Gasteiger partial charge is 0.274 e. The molecule has 96 valence electrons. The molecule has 5 nitrogen and oxygen atoms in total. The molecule has 1 N–H and O–H groups in total. The minimum absolute atomic E-state index is 0.0803. The summed E-state index contributed by atoms with van der Waals surface area (Å²) < 4.78 is 4.22. The van der Waals surface area contributed by atoms with Gasteiger partial charge in [-0.15, -0.1) is 0 Å². The van der Waals surface area contributed by atoms with Crippen LogP contribution in [0.5, 0.6) is 0 Å². The van der Waals surface area contributed by atoms with Crippen LogP contribution in [-0.2, 0) is 13.6 Å². The number of pyridine rings is 1. The third kappa shape index (κ3) is 2.81. The molecule has 2 aromatic rings. The van der Waals surface area contributed by atoms with Gasteiger partial charge >= 0.3 is 0 Å². The van der Waals surface area contributed by atoms with Gasteiger partial charge in [-0.2, -0.15) is 5.10 Å². The Balaban J connectivity index is 2.25. The van der Waals surface area contributed by atoms with Gasteiger partial charge in [0.05, 0.1) is 0 Å². The Kier molecular flexibility index (Phi) is 3.86. The van der Waals surface area contributed by atoms with Crippen LogP contribution in [0.3, 0.4) is 0 Å². The molecule has 2 rings (SSSR count). The van der Waals surface area contributed by atoms with Gasteiger partial charge < -0.3 is 9.88 Å². The lowest BCUT2D eigenvalue weighted by molar-refractivity contribution is 0.605. The summed E-state index contributed by atoms with van der Waals surface area (Å²) >= 11 is 3.37. The molecule has 6 heteroatoms. The molecule has 0 spiro atoms. The second-order valence-corrected chi connectivity index (χ2v) is 4.99. The lowest BCUT2D eigenvalue weighted by atomic mass is 10.4. The average Bonchev–Trinajstić information content (AvgIpc) is 2.73. The van der Waals surface area contributed by atoms with E-state index in [2.05, 4.69) is 33.3 Å². The Morgan fingerprint density at radius 3 is 3.00 bits per heavy atom.